The average molecular weight is 473 g/mol. The van der Waals surface area contributed by atoms with Crippen LogP contribution in [0.5, 0.6) is 0 Å². The summed E-state index contributed by atoms with van der Waals surface area (Å²) in [6.45, 7) is -0.410. The Morgan fingerprint density at radius 3 is 2.65 bits per heavy atom. The highest BCUT2D eigenvalue weighted by atomic mass is 32.2. The Hall–Kier alpha value is -3.78. The first-order valence-electron chi connectivity index (χ1n) is 10.8. The summed E-state index contributed by atoms with van der Waals surface area (Å²) in [7, 11) is 1.43. The van der Waals surface area contributed by atoms with Gasteiger partial charge < -0.3 is 4.74 Å². The molecule has 0 spiro atoms. The van der Waals surface area contributed by atoms with Crippen molar-refractivity contribution in [2.45, 2.75) is 23.1 Å². The van der Waals surface area contributed by atoms with E-state index in [1.54, 1.807) is 12.1 Å². The van der Waals surface area contributed by atoms with Crippen LogP contribution in [-0.2, 0) is 20.7 Å². The number of likely N-dealkylation sites (tertiary alicyclic amines) is 1. The quantitative estimate of drug-likeness (QED) is 0.241. The second kappa shape index (κ2) is 8.87. The topological polar surface area (TPSA) is 93.6 Å². The summed E-state index contributed by atoms with van der Waals surface area (Å²) < 4.78 is 5.30. The van der Waals surface area contributed by atoms with Crippen LogP contribution in [0, 0.1) is 0 Å². The van der Waals surface area contributed by atoms with Gasteiger partial charge in [0.1, 0.15) is 5.03 Å². The van der Waals surface area contributed by atoms with Crippen molar-refractivity contribution in [1.82, 2.24) is 9.88 Å². The van der Waals surface area contributed by atoms with E-state index in [1.807, 2.05) is 24.3 Å². The number of nitrogens with zero attached hydrogens (tertiary/aromatic N) is 2. The van der Waals surface area contributed by atoms with Gasteiger partial charge in [0.25, 0.3) is 0 Å². The van der Waals surface area contributed by atoms with Crippen molar-refractivity contribution in [1.29, 1.82) is 0 Å². The highest BCUT2D eigenvalue weighted by Crippen LogP contribution is 2.37. The SMILES string of the molecule is CN1C(=O)CC(Sc2ncccc2C(=O)OCC(=O)c2ccc3c(c2)Cc2ccccc2-3)C1=O. The molecule has 1 aliphatic heterocycles. The van der Waals surface area contributed by atoms with Gasteiger partial charge in [-0.2, -0.15) is 0 Å². The number of pyridine rings is 1. The number of hydrogen-bond donors (Lipinski definition) is 0. The van der Waals surface area contributed by atoms with Crippen LogP contribution in [-0.4, -0.2) is 52.4 Å². The zero-order valence-corrected chi connectivity index (χ0v) is 19.1. The van der Waals surface area contributed by atoms with Gasteiger partial charge in [-0.3, -0.25) is 19.3 Å². The minimum atomic E-state index is -0.706. The van der Waals surface area contributed by atoms with Crippen LogP contribution < -0.4 is 0 Å². The van der Waals surface area contributed by atoms with Crippen molar-refractivity contribution in [2.24, 2.45) is 0 Å². The number of carbonyl (C=O) groups is 4. The molecule has 2 aliphatic rings. The second-order valence-electron chi connectivity index (χ2n) is 8.16. The number of ether oxygens (including phenoxy) is 1. The van der Waals surface area contributed by atoms with Gasteiger partial charge in [-0.05, 0) is 46.9 Å². The third kappa shape index (κ3) is 4.01. The predicted molar refractivity (Wildman–Crippen MR) is 126 cm³/mol. The van der Waals surface area contributed by atoms with Crippen LogP contribution in [0.1, 0.15) is 38.3 Å². The molecule has 8 heteroatoms. The van der Waals surface area contributed by atoms with E-state index < -0.39 is 17.8 Å². The number of rotatable bonds is 6. The molecule has 1 fully saturated rings. The van der Waals surface area contributed by atoms with Crippen LogP contribution in [0.3, 0.4) is 0 Å². The molecule has 34 heavy (non-hydrogen) atoms. The van der Waals surface area contributed by atoms with Gasteiger partial charge in [-0.1, -0.05) is 48.2 Å². The molecule has 5 rings (SSSR count). The zero-order chi connectivity index (χ0) is 23.8. The number of thioether (sulfide) groups is 1. The Morgan fingerprint density at radius 2 is 1.85 bits per heavy atom. The number of ketones is 1. The molecule has 170 valence electrons. The summed E-state index contributed by atoms with van der Waals surface area (Å²) in [5.41, 5.74) is 5.23. The predicted octanol–water partition coefficient (Wildman–Crippen LogP) is 3.54. The maximum absolute atomic E-state index is 12.7. The van der Waals surface area contributed by atoms with Crippen LogP contribution in [0.4, 0.5) is 0 Å². The van der Waals surface area contributed by atoms with E-state index >= 15 is 0 Å². The first kappa shape index (κ1) is 22.0. The number of Topliss-reactive ketones (excluding diaryl/α,β-unsaturated/α-hetero) is 1. The lowest BCUT2D eigenvalue weighted by Gasteiger charge is -2.11. The summed E-state index contributed by atoms with van der Waals surface area (Å²) in [6.07, 6.45) is 2.31. The van der Waals surface area contributed by atoms with Crippen molar-refractivity contribution >= 4 is 35.3 Å². The summed E-state index contributed by atoms with van der Waals surface area (Å²) in [4.78, 5) is 54.8. The smallest absolute Gasteiger partial charge is 0.341 e. The maximum atomic E-state index is 12.7. The monoisotopic (exact) mass is 472 g/mol. The van der Waals surface area contributed by atoms with Crippen molar-refractivity contribution in [3.8, 4) is 11.1 Å². The molecule has 1 unspecified atom stereocenters. The molecular weight excluding hydrogens is 452 g/mol. The van der Waals surface area contributed by atoms with Gasteiger partial charge in [0.15, 0.2) is 12.4 Å². The third-order valence-corrected chi connectivity index (χ3v) is 7.24. The molecule has 0 saturated carbocycles. The molecule has 0 bridgehead atoms. The van der Waals surface area contributed by atoms with Gasteiger partial charge in [-0.15, -0.1) is 0 Å². The van der Waals surface area contributed by atoms with E-state index in [1.165, 1.54) is 30.4 Å². The van der Waals surface area contributed by atoms with Crippen LogP contribution in [0.2, 0.25) is 0 Å². The number of imide groups is 1. The second-order valence-corrected chi connectivity index (χ2v) is 9.35. The molecular formula is C26H20N2O5S. The Bertz CT molecular complexity index is 1350. The minimum absolute atomic E-state index is 0.0474. The summed E-state index contributed by atoms with van der Waals surface area (Å²) in [6, 6.07) is 16.8. The van der Waals surface area contributed by atoms with Gasteiger partial charge in [0.2, 0.25) is 11.8 Å². The normalized spacial score (nSPS) is 16.4. The Kier molecular flexibility index (Phi) is 5.75. The number of esters is 1. The molecule has 7 nitrogen and oxygen atoms in total. The average Bonchev–Trinajstić information content (AvgIpc) is 3.34. The fraction of sp³-hybridized carbons (Fsp3) is 0.192. The van der Waals surface area contributed by atoms with Gasteiger partial charge in [0.05, 0.1) is 10.8 Å². The molecule has 0 radical (unpaired) electrons. The highest BCUT2D eigenvalue weighted by Gasteiger charge is 2.37. The summed E-state index contributed by atoms with van der Waals surface area (Å²) in [5, 5.41) is -0.354. The van der Waals surface area contributed by atoms with E-state index in [0.29, 0.717) is 5.56 Å². The van der Waals surface area contributed by atoms with Crippen LogP contribution in [0.15, 0.2) is 65.8 Å². The molecule has 1 aliphatic carbocycles. The maximum Gasteiger partial charge on any atom is 0.341 e. The molecule has 3 aromatic rings. The van der Waals surface area contributed by atoms with E-state index in [0.717, 1.165) is 34.2 Å². The lowest BCUT2D eigenvalue weighted by Crippen LogP contribution is -2.26. The van der Waals surface area contributed by atoms with Crippen LogP contribution >= 0.6 is 11.8 Å². The molecule has 1 saturated heterocycles. The van der Waals surface area contributed by atoms with Gasteiger partial charge in [0, 0.05) is 25.2 Å². The summed E-state index contributed by atoms with van der Waals surface area (Å²) >= 11 is 1.05. The number of benzene rings is 2. The molecule has 1 aromatic heterocycles. The van der Waals surface area contributed by atoms with E-state index in [4.69, 9.17) is 4.74 Å². The number of carbonyl (C=O) groups excluding carboxylic acids is 4. The van der Waals surface area contributed by atoms with E-state index in [9.17, 15) is 19.2 Å². The lowest BCUT2D eigenvalue weighted by molar-refractivity contribution is -0.136. The van der Waals surface area contributed by atoms with Crippen molar-refractivity contribution in [2.75, 3.05) is 13.7 Å². The Morgan fingerprint density at radius 1 is 1.06 bits per heavy atom. The minimum Gasteiger partial charge on any atom is -0.454 e. The van der Waals surface area contributed by atoms with E-state index in [-0.39, 0.29) is 34.6 Å². The van der Waals surface area contributed by atoms with Crippen molar-refractivity contribution in [3.05, 3.63) is 83.0 Å². The molecule has 2 aromatic carbocycles. The van der Waals surface area contributed by atoms with Crippen molar-refractivity contribution < 1.29 is 23.9 Å². The molecule has 1 atom stereocenters. The largest absolute Gasteiger partial charge is 0.454 e. The van der Waals surface area contributed by atoms with Crippen molar-refractivity contribution in [3.63, 3.8) is 0 Å². The first-order valence-corrected chi connectivity index (χ1v) is 11.6. The van der Waals surface area contributed by atoms with Crippen LogP contribution in [0.25, 0.3) is 11.1 Å². The Labute approximate surface area is 200 Å². The number of hydrogen-bond acceptors (Lipinski definition) is 7. The van der Waals surface area contributed by atoms with Gasteiger partial charge in [-0.25, -0.2) is 9.78 Å². The van der Waals surface area contributed by atoms with E-state index in [2.05, 4.69) is 17.1 Å². The number of aromatic nitrogens is 1. The fourth-order valence-electron chi connectivity index (χ4n) is 4.20. The zero-order valence-electron chi connectivity index (χ0n) is 18.3. The molecule has 0 N–H and O–H groups in total. The summed E-state index contributed by atoms with van der Waals surface area (Å²) in [5.74, 6) is -1.61. The molecule has 2 amide bonds. The first-order chi connectivity index (χ1) is 16.4. The highest BCUT2D eigenvalue weighted by molar-refractivity contribution is 8.00. The standard InChI is InChI=1S/C26H20N2O5S/c1-28-23(30)13-22(25(28)31)34-24-20(7-4-10-27-24)26(32)33-14-21(29)16-8-9-19-17(12-16)11-15-5-2-3-6-18(15)19/h2-10,12,22H,11,13-14H2,1H3. The third-order valence-electron chi connectivity index (χ3n) is 6.04. The number of fused-ring (bicyclic) bond motifs is 3. The molecule has 2 heterocycles. The lowest BCUT2D eigenvalue weighted by atomic mass is 10.0. The van der Waals surface area contributed by atoms with Gasteiger partial charge >= 0.3 is 5.97 Å². The number of amides is 2. The Balaban J connectivity index is 1.26. The fourth-order valence-corrected chi connectivity index (χ4v) is 5.35.